The van der Waals surface area contributed by atoms with Gasteiger partial charge in [-0.2, -0.15) is 4.98 Å². The number of nitrogens with one attached hydrogen (secondary N) is 1. The maximum Gasteiger partial charge on any atom is 0.332 e. The summed E-state index contributed by atoms with van der Waals surface area (Å²) in [6, 6.07) is 6.78. The highest BCUT2D eigenvalue weighted by molar-refractivity contribution is 5.88. The molecule has 2 aromatic heterocycles. The summed E-state index contributed by atoms with van der Waals surface area (Å²) >= 11 is 0. The van der Waals surface area contributed by atoms with Crippen LogP contribution in [0.2, 0.25) is 0 Å². The van der Waals surface area contributed by atoms with Gasteiger partial charge in [0.2, 0.25) is 11.9 Å². The molecule has 2 N–H and O–H groups in total. The van der Waals surface area contributed by atoms with E-state index in [1.54, 1.807) is 35.9 Å². The van der Waals surface area contributed by atoms with Crippen molar-refractivity contribution in [1.82, 2.24) is 18.7 Å². The predicted octanol–water partition coefficient (Wildman–Crippen LogP) is -0.331. The molecule has 1 unspecified atom stereocenters. The van der Waals surface area contributed by atoms with Gasteiger partial charge < -0.3 is 29.4 Å². The fourth-order valence-electron chi connectivity index (χ4n) is 3.91. The fraction of sp³-hybridized carbons (Fsp3) is 0.455. The topological polar surface area (TPSA) is 133 Å². The predicted molar refractivity (Wildman–Crippen MR) is 125 cm³/mol. The van der Waals surface area contributed by atoms with Gasteiger partial charge in [-0.1, -0.05) is 0 Å². The number of nitrogens with zero attached hydrogens (tertiary/aromatic N) is 5. The standard InChI is InChI=1S/C22H28N6O6/c1-14(29)23-15-4-6-17(7-5-15)34-13-16(30)12-28-18-19(25(2)22(32)26(3)20(18)31)24-21(28)27-8-10-33-11-9-27/h4-7,16,30H,8-13H2,1-3H3,(H,23,29). The van der Waals surface area contributed by atoms with E-state index in [9.17, 15) is 19.5 Å². The molecule has 4 rings (SSSR count). The maximum atomic E-state index is 13.0. The van der Waals surface area contributed by atoms with Gasteiger partial charge in [0.25, 0.3) is 5.56 Å². The summed E-state index contributed by atoms with van der Waals surface area (Å²) in [6.45, 7) is 3.61. The summed E-state index contributed by atoms with van der Waals surface area (Å²) in [5.41, 5.74) is 0.192. The Morgan fingerprint density at radius 1 is 1.18 bits per heavy atom. The van der Waals surface area contributed by atoms with E-state index in [1.807, 2.05) is 4.90 Å². The third-order valence-electron chi connectivity index (χ3n) is 5.63. The van der Waals surface area contributed by atoms with Crippen molar-refractivity contribution in [2.75, 3.05) is 43.1 Å². The van der Waals surface area contributed by atoms with E-state index in [2.05, 4.69) is 10.3 Å². The molecule has 182 valence electrons. The Hall–Kier alpha value is -3.64. The molecule has 1 fully saturated rings. The second-order valence-corrected chi connectivity index (χ2v) is 8.17. The van der Waals surface area contributed by atoms with Crippen LogP contribution in [0, 0.1) is 0 Å². The molecular formula is C22H28N6O6. The molecule has 34 heavy (non-hydrogen) atoms. The van der Waals surface area contributed by atoms with Crippen LogP contribution >= 0.6 is 0 Å². The quantitative estimate of drug-likeness (QED) is 0.478. The van der Waals surface area contributed by atoms with Crippen LogP contribution < -0.4 is 26.2 Å². The molecule has 3 aromatic rings. The molecule has 12 nitrogen and oxygen atoms in total. The number of ether oxygens (including phenoxy) is 2. The van der Waals surface area contributed by atoms with Crippen LogP contribution in [-0.2, 0) is 30.2 Å². The number of aliphatic hydroxyl groups is 1. The molecular weight excluding hydrogens is 444 g/mol. The Kier molecular flexibility index (Phi) is 6.70. The minimum Gasteiger partial charge on any atom is -0.491 e. The minimum atomic E-state index is -0.964. The molecule has 1 amide bonds. The van der Waals surface area contributed by atoms with E-state index in [-0.39, 0.29) is 30.2 Å². The molecule has 1 aliphatic heterocycles. The first-order valence-corrected chi connectivity index (χ1v) is 10.9. The second kappa shape index (κ2) is 9.69. The summed E-state index contributed by atoms with van der Waals surface area (Å²) in [5.74, 6) is 0.849. The van der Waals surface area contributed by atoms with Crippen LogP contribution in [0.25, 0.3) is 11.2 Å². The average Bonchev–Trinajstić information content (AvgIpc) is 3.20. The number of amides is 1. The van der Waals surface area contributed by atoms with Crippen molar-refractivity contribution in [3.05, 3.63) is 45.1 Å². The maximum absolute atomic E-state index is 13.0. The highest BCUT2D eigenvalue weighted by atomic mass is 16.5. The van der Waals surface area contributed by atoms with E-state index in [0.717, 1.165) is 4.57 Å². The van der Waals surface area contributed by atoms with Crippen molar-refractivity contribution < 1.29 is 19.4 Å². The van der Waals surface area contributed by atoms with E-state index < -0.39 is 17.4 Å². The van der Waals surface area contributed by atoms with Crippen molar-refractivity contribution in [3.8, 4) is 5.75 Å². The van der Waals surface area contributed by atoms with Gasteiger partial charge in [0.1, 0.15) is 18.5 Å². The molecule has 1 aliphatic rings. The number of carbonyl (C=O) groups is 1. The van der Waals surface area contributed by atoms with Crippen molar-refractivity contribution in [1.29, 1.82) is 0 Å². The lowest BCUT2D eigenvalue weighted by molar-refractivity contribution is -0.114. The zero-order valence-electron chi connectivity index (χ0n) is 19.4. The number of fused-ring (bicyclic) bond motifs is 1. The first kappa shape index (κ1) is 23.5. The molecule has 0 spiro atoms. The largest absolute Gasteiger partial charge is 0.491 e. The second-order valence-electron chi connectivity index (χ2n) is 8.17. The SMILES string of the molecule is CC(=O)Nc1ccc(OCC(O)Cn2c(N3CCOCC3)nc3c2c(=O)n(C)c(=O)n3C)cc1. The normalized spacial score (nSPS) is 14.9. The molecule has 3 heterocycles. The van der Waals surface area contributed by atoms with Gasteiger partial charge in [-0.15, -0.1) is 0 Å². The number of morpholine rings is 1. The number of imidazole rings is 1. The lowest BCUT2D eigenvalue weighted by Crippen LogP contribution is -2.39. The smallest absolute Gasteiger partial charge is 0.332 e. The summed E-state index contributed by atoms with van der Waals surface area (Å²) < 4.78 is 15.1. The van der Waals surface area contributed by atoms with Gasteiger partial charge in [0, 0.05) is 39.8 Å². The van der Waals surface area contributed by atoms with Crippen molar-refractivity contribution >= 4 is 28.7 Å². The highest BCUT2D eigenvalue weighted by Crippen LogP contribution is 2.22. The molecule has 0 radical (unpaired) electrons. The van der Waals surface area contributed by atoms with E-state index in [4.69, 9.17) is 9.47 Å². The van der Waals surface area contributed by atoms with Gasteiger partial charge in [0.05, 0.1) is 19.8 Å². The van der Waals surface area contributed by atoms with Crippen LogP contribution in [0.15, 0.2) is 33.9 Å². The van der Waals surface area contributed by atoms with E-state index in [1.165, 1.54) is 18.5 Å². The minimum absolute atomic E-state index is 0.0339. The summed E-state index contributed by atoms with van der Waals surface area (Å²) in [5, 5.41) is 13.4. The molecule has 1 atom stereocenters. The Morgan fingerprint density at radius 2 is 1.85 bits per heavy atom. The molecule has 1 aromatic carbocycles. The van der Waals surface area contributed by atoms with Gasteiger partial charge in [-0.05, 0) is 24.3 Å². The number of carbonyl (C=O) groups excluding carboxylic acids is 1. The lowest BCUT2D eigenvalue weighted by atomic mass is 10.3. The summed E-state index contributed by atoms with van der Waals surface area (Å²) in [4.78, 5) is 43.1. The Labute approximate surface area is 194 Å². The number of hydrogen-bond acceptors (Lipinski definition) is 8. The number of anilines is 2. The van der Waals surface area contributed by atoms with Gasteiger partial charge in [-0.3, -0.25) is 18.7 Å². The number of aryl methyl sites for hydroxylation is 1. The molecule has 0 saturated carbocycles. The number of benzene rings is 1. The Bertz CT molecular complexity index is 1300. The monoisotopic (exact) mass is 472 g/mol. The number of aliphatic hydroxyl groups excluding tert-OH is 1. The van der Waals surface area contributed by atoms with Crippen LogP contribution in [0.5, 0.6) is 5.75 Å². The van der Waals surface area contributed by atoms with Crippen LogP contribution in [0.1, 0.15) is 6.92 Å². The van der Waals surface area contributed by atoms with Crippen molar-refractivity contribution in [2.45, 2.75) is 19.6 Å². The third-order valence-corrected chi connectivity index (χ3v) is 5.63. The van der Waals surface area contributed by atoms with Crippen LogP contribution in [-0.4, -0.2) is 68.7 Å². The van der Waals surface area contributed by atoms with Gasteiger partial charge in [-0.25, -0.2) is 4.79 Å². The van der Waals surface area contributed by atoms with Gasteiger partial charge in [0.15, 0.2) is 11.2 Å². The first-order valence-electron chi connectivity index (χ1n) is 10.9. The van der Waals surface area contributed by atoms with Crippen LogP contribution in [0.4, 0.5) is 11.6 Å². The Morgan fingerprint density at radius 3 is 2.50 bits per heavy atom. The number of hydrogen-bond donors (Lipinski definition) is 2. The number of rotatable bonds is 7. The molecule has 1 saturated heterocycles. The van der Waals surface area contributed by atoms with Crippen LogP contribution in [0.3, 0.4) is 0 Å². The van der Waals surface area contributed by atoms with Crippen molar-refractivity contribution in [3.63, 3.8) is 0 Å². The first-order chi connectivity index (χ1) is 16.3. The van der Waals surface area contributed by atoms with E-state index in [0.29, 0.717) is 43.7 Å². The Balaban J connectivity index is 1.60. The molecule has 0 bridgehead atoms. The highest BCUT2D eigenvalue weighted by Gasteiger charge is 2.25. The zero-order valence-corrected chi connectivity index (χ0v) is 19.4. The fourth-order valence-corrected chi connectivity index (χ4v) is 3.91. The third kappa shape index (κ3) is 4.68. The number of aromatic nitrogens is 4. The molecule has 0 aliphatic carbocycles. The lowest BCUT2D eigenvalue weighted by Gasteiger charge is -2.28. The van der Waals surface area contributed by atoms with E-state index >= 15 is 0 Å². The zero-order chi connectivity index (χ0) is 24.4. The summed E-state index contributed by atoms with van der Waals surface area (Å²) in [6.07, 6.45) is -0.964. The summed E-state index contributed by atoms with van der Waals surface area (Å²) in [7, 11) is 2.98. The van der Waals surface area contributed by atoms with Crippen molar-refractivity contribution in [2.24, 2.45) is 14.1 Å². The van der Waals surface area contributed by atoms with Gasteiger partial charge >= 0.3 is 5.69 Å². The average molecular weight is 473 g/mol. The molecule has 12 heteroatoms.